The van der Waals surface area contributed by atoms with Crippen LogP contribution in [0.2, 0.25) is 0 Å². The second-order valence-corrected chi connectivity index (χ2v) is 5.05. The molecule has 1 aromatic carbocycles. The third-order valence-corrected chi connectivity index (χ3v) is 3.65. The molecule has 0 saturated carbocycles. The van der Waals surface area contributed by atoms with Gasteiger partial charge in [-0.15, -0.1) is 0 Å². The molecule has 1 aliphatic rings. The van der Waals surface area contributed by atoms with Crippen LogP contribution in [0.5, 0.6) is 0 Å². The highest BCUT2D eigenvalue weighted by Gasteiger charge is 2.19. The lowest BCUT2D eigenvalue weighted by molar-refractivity contribution is 0.0349. The van der Waals surface area contributed by atoms with E-state index in [1.807, 2.05) is 0 Å². The molecule has 0 aromatic heterocycles. The van der Waals surface area contributed by atoms with Crippen LogP contribution in [0.1, 0.15) is 36.5 Å². The monoisotopic (exact) mass is 263 g/mol. The molecule has 106 valence electrons. The van der Waals surface area contributed by atoms with Crippen LogP contribution in [0.3, 0.4) is 0 Å². The molecule has 1 unspecified atom stereocenters. The zero-order valence-electron chi connectivity index (χ0n) is 11.9. The Morgan fingerprint density at radius 1 is 1.26 bits per heavy atom. The molecule has 2 rings (SSSR count). The van der Waals surface area contributed by atoms with E-state index in [0.29, 0.717) is 6.10 Å². The van der Waals surface area contributed by atoms with Gasteiger partial charge in [0.1, 0.15) is 0 Å². The summed E-state index contributed by atoms with van der Waals surface area (Å²) in [5.74, 6) is 0. The minimum atomic E-state index is 0.309. The van der Waals surface area contributed by atoms with Crippen LogP contribution in [0, 0.1) is 0 Å². The lowest BCUT2D eigenvalue weighted by Gasteiger charge is -2.26. The van der Waals surface area contributed by atoms with E-state index in [1.165, 1.54) is 24.0 Å². The number of methoxy groups -OCH3 is 1. The summed E-state index contributed by atoms with van der Waals surface area (Å²) in [5, 5.41) is 3.38. The summed E-state index contributed by atoms with van der Waals surface area (Å²) >= 11 is 0. The first-order chi connectivity index (χ1) is 9.42. The molecule has 0 aliphatic carbocycles. The van der Waals surface area contributed by atoms with Crippen molar-refractivity contribution in [3.05, 3.63) is 35.4 Å². The van der Waals surface area contributed by atoms with Gasteiger partial charge in [0.25, 0.3) is 0 Å². The topological polar surface area (TPSA) is 30.5 Å². The van der Waals surface area contributed by atoms with Crippen molar-refractivity contribution in [2.45, 2.75) is 31.8 Å². The zero-order chi connectivity index (χ0) is 13.3. The molecule has 3 heteroatoms. The summed E-state index contributed by atoms with van der Waals surface area (Å²) < 4.78 is 10.9. The number of hydrogen-bond donors (Lipinski definition) is 1. The second-order valence-electron chi connectivity index (χ2n) is 5.05. The van der Waals surface area contributed by atoms with Crippen molar-refractivity contribution in [1.82, 2.24) is 5.32 Å². The maximum atomic E-state index is 5.91. The Labute approximate surface area is 116 Å². The lowest BCUT2D eigenvalue weighted by atomic mass is 9.94. The quantitative estimate of drug-likeness (QED) is 0.732. The van der Waals surface area contributed by atoms with Gasteiger partial charge in [-0.05, 0) is 43.4 Å². The molecular weight excluding hydrogens is 238 g/mol. The molecule has 0 radical (unpaired) electrons. The van der Waals surface area contributed by atoms with Crippen LogP contribution in [-0.4, -0.2) is 33.4 Å². The highest BCUT2D eigenvalue weighted by molar-refractivity contribution is 5.30. The van der Waals surface area contributed by atoms with Crippen molar-refractivity contribution in [2.24, 2.45) is 0 Å². The summed E-state index contributed by atoms with van der Waals surface area (Å²) in [4.78, 5) is 0. The fourth-order valence-corrected chi connectivity index (χ4v) is 2.59. The van der Waals surface area contributed by atoms with Gasteiger partial charge >= 0.3 is 0 Å². The van der Waals surface area contributed by atoms with Gasteiger partial charge in [-0.2, -0.15) is 0 Å². The second kappa shape index (κ2) is 8.31. The number of benzene rings is 1. The molecule has 1 atom stereocenters. The molecule has 0 saturated heterocycles. The highest BCUT2D eigenvalue weighted by atomic mass is 16.5. The van der Waals surface area contributed by atoms with Crippen LogP contribution in [0.15, 0.2) is 24.3 Å². The third kappa shape index (κ3) is 4.60. The Bertz CT molecular complexity index is 368. The maximum Gasteiger partial charge on any atom is 0.0827 e. The summed E-state index contributed by atoms with van der Waals surface area (Å²) in [6.07, 6.45) is 4.91. The molecule has 0 spiro atoms. The first kappa shape index (κ1) is 14.5. The average molecular weight is 263 g/mol. The Balaban J connectivity index is 1.67. The molecule has 0 fully saturated rings. The van der Waals surface area contributed by atoms with Gasteiger partial charge in [0.05, 0.1) is 19.3 Å². The summed E-state index contributed by atoms with van der Waals surface area (Å²) in [5.41, 5.74) is 2.87. The van der Waals surface area contributed by atoms with Gasteiger partial charge in [-0.3, -0.25) is 0 Å². The van der Waals surface area contributed by atoms with E-state index in [2.05, 4.69) is 29.6 Å². The van der Waals surface area contributed by atoms with Gasteiger partial charge in [-0.25, -0.2) is 0 Å². The average Bonchev–Trinajstić information content (AvgIpc) is 2.46. The van der Waals surface area contributed by atoms with Crippen molar-refractivity contribution in [3.8, 4) is 0 Å². The Kier molecular flexibility index (Phi) is 6.34. The maximum absolute atomic E-state index is 5.91. The van der Waals surface area contributed by atoms with Crippen molar-refractivity contribution in [2.75, 3.05) is 33.4 Å². The molecule has 19 heavy (non-hydrogen) atoms. The predicted molar refractivity (Wildman–Crippen MR) is 77.4 cm³/mol. The first-order valence-electron chi connectivity index (χ1n) is 7.31. The Morgan fingerprint density at radius 2 is 2.16 bits per heavy atom. The van der Waals surface area contributed by atoms with Crippen molar-refractivity contribution < 1.29 is 9.47 Å². The standard InChI is InChI=1S/C16H25NO2/c1-18-13-11-17-10-5-4-8-16-15-7-3-2-6-14(15)9-12-19-16/h2-3,6-7,16-17H,4-5,8-13H2,1H3. The van der Waals surface area contributed by atoms with Crippen LogP contribution >= 0.6 is 0 Å². The van der Waals surface area contributed by atoms with Crippen LogP contribution in [0.4, 0.5) is 0 Å². The predicted octanol–water partition coefficient (Wildman–Crippen LogP) is 2.71. The van der Waals surface area contributed by atoms with E-state index in [-0.39, 0.29) is 0 Å². The van der Waals surface area contributed by atoms with E-state index in [4.69, 9.17) is 9.47 Å². The summed E-state index contributed by atoms with van der Waals surface area (Å²) in [6, 6.07) is 8.70. The largest absolute Gasteiger partial charge is 0.383 e. The number of nitrogens with one attached hydrogen (secondary N) is 1. The number of hydrogen-bond acceptors (Lipinski definition) is 3. The van der Waals surface area contributed by atoms with Gasteiger partial charge < -0.3 is 14.8 Å². The molecule has 3 nitrogen and oxygen atoms in total. The first-order valence-corrected chi connectivity index (χ1v) is 7.31. The lowest BCUT2D eigenvalue weighted by Crippen LogP contribution is -2.21. The van der Waals surface area contributed by atoms with Crippen LogP contribution in [-0.2, 0) is 15.9 Å². The SMILES string of the molecule is COCCNCCCCC1OCCc2ccccc21. The van der Waals surface area contributed by atoms with E-state index >= 15 is 0 Å². The molecule has 0 amide bonds. The number of ether oxygens (including phenoxy) is 2. The fourth-order valence-electron chi connectivity index (χ4n) is 2.59. The zero-order valence-corrected chi connectivity index (χ0v) is 11.9. The Hall–Kier alpha value is -0.900. The molecule has 1 heterocycles. The van der Waals surface area contributed by atoms with Crippen LogP contribution in [0.25, 0.3) is 0 Å². The third-order valence-electron chi connectivity index (χ3n) is 3.65. The normalized spacial score (nSPS) is 18.3. The molecule has 1 aliphatic heterocycles. The van der Waals surface area contributed by atoms with Crippen LogP contribution < -0.4 is 5.32 Å². The number of rotatable bonds is 8. The van der Waals surface area contributed by atoms with Gasteiger partial charge in [0, 0.05) is 13.7 Å². The number of unbranched alkanes of at least 4 members (excludes halogenated alkanes) is 1. The van der Waals surface area contributed by atoms with E-state index < -0.39 is 0 Å². The summed E-state index contributed by atoms with van der Waals surface area (Å²) in [7, 11) is 1.74. The smallest absolute Gasteiger partial charge is 0.0827 e. The van der Waals surface area contributed by atoms with Gasteiger partial charge in [-0.1, -0.05) is 24.3 Å². The molecule has 1 N–H and O–H groups in total. The van der Waals surface area contributed by atoms with E-state index in [1.54, 1.807) is 7.11 Å². The minimum absolute atomic E-state index is 0.309. The fraction of sp³-hybridized carbons (Fsp3) is 0.625. The van der Waals surface area contributed by atoms with Crippen molar-refractivity contribution >= 4 is 0 Å². The van der Waals surface area contributed by atoms with Gasteiger partial charge in [0.2, 0.25) is 0 Å². The molecule has 1 aromatic rings. The summed E-state index contributed by atoms with van der Waals surface area (Å²) in [6.45, 7) is 3.67. The van der Waals surface area contributed by atoms with Gasteiger partial charge in [0.15, 0.2) is 0 Å². The minimum Gasteiger partial charge on any atom is -0.383 e. The van der Waals surface area contributed by atoms with Crippen molar-refractivity contribution in [1.29, 1.82) is 0 Å². The number of fused-ring (bicyclic) bond motifs is 1. The van der Waals surface area contributed by atoms with E-state index in [0.717, 1.165) is 39.1 Å². The van der Waals surface area contributed by atoms with E-state index in [9.17, 15) is 0 Å². The Morgan fingerprint density at radius 3 is 3.05 bits per heavy atom. The highest BCUT2D eigenvalue weighted by Crippen LogP contribution is 2.30. The molecular formula is C16H25NO2. The van der Waals surface area contributed by atoms with Crippen molar-refractivity contribution in [3.63, 3.8) is 0 Å². The molecule has 0 bridgehead atoms.